The molecular weight excluding hydrogens is 318 g/mol. The molecule has 0 radical (unpaired) electrons. The molecule has 2 N–H and O–H groups in total. The Morgan fingerprint density at radius 1 is 1.12 bits per heavy atom. The van der Waals surface area contributed by atoms with E-state index in [0.717, 1.165) is 11.1 Å². The van der Waals surface area contributed by atoms with Gasteiger partial charge in [-0.25, -0.2) is 5.10 Å². The highest BCUT2D eigenvalue weighted by Gasteiger charge is 2.10. The number of ether oxygens (including phenoxy) is 1. The van der Waals surface area contributed by atoms with Crippen LogP contribution in [-0.2, 0) is 11.2 Å². The van der Waals surface area contributed by atoms with Gasteiger partial charge >= 0.3 is 0 Å². The smallest absolute Gasteiger partial charge is 0.264 e. The van der Waals surface area contributed by atoms with Crippen LogP contribution in [0, 0.1) is 0 Å². The van der Waals surface area contributed by atoms with Crippen LogP contribution >= 0.6 is 0 Å². The molecule has 0 saturated carbocycles. The maximum absolute atomic E-state index is 12.4. The first kappa shape index (κ1) is 16.4. The molecule has 3 aromatic rings. The predicted molar refractivity (Wildman–Crippen MR) is 95.6 cm³/mol. The Balaban J connectivity index is 1.79. The lowest BCUT2D eigenvalue weighted by Gasteiger charge is -2.11. The van der Waals surface area contributed by atoms with E-state index in [4.69, 9.17) is 4.74 Å². The maximum Gasteiger partial charge on any atom is 0.264 e. The van der Waals surface area contributed by atoms with Crippen molar-refractivity contribution in [3.05, 3.63) is 76.6 Å². The van der Waals surface area contributed by atoms with Gasteiger partial charge in [0.05, 0.1) is 24.9 Å². The Morgan fingerprint density at radius 3 is 2.72 bits per heavy atom. The summed E-state index contributed by atoms with van der Waals surface area (Å²) < 4.78 is 5.17. The summed E-state index contributed by atoms with van der Waals surface area (Å²) in [6, 6.07) is 17.7. The second-order valence-corrected chi connectivity index (χ2v) is 5.43. The van der Waals surface area contributed by atoms with Gasteiger partial charge in [-0.15, -0.1) is 0 Å². The van der Waals surface area contributed by atoms with Crippen LogP contribution in [0.15, 0.2) is 65.5 Å². The minimum atomic E-state index is -0.275. The third-order valence-electron chi connectivity index (χ3n) is 3.66. The zero-order valence-corrected chi connectivity index (χ0v) is 13.7. The molecule has 0 saturated heterocycles. The molecule has 1 amide bonds. The summed E-state index contributed by atoms with van der Waals surface area (Å²) in [6.45, 7) is 0. The first-order valence-corrected chi connectivity index (χ1v) is 7.73. The average Bonchev–Trinajstić information content (AvgIpc) is 2.63. The maximum atomic E-state index is 12.4. The van der Waals surface area contributed by atoms with Crippen LogP contribution in [0.5, 0.6) is 5.75 Å². The number of amides is 1. The van der Waals surface area contributed by atoms with Gasteiger partial charge in [0.1, 0.15) is 5.75 Å². The summed E-state index contributed by atoms with van der Waals surface area (Å²) in [5.41, 5.74) is 2.53. The lowest BCUT2D eigenvalue weighted by atomic mass is 10.1. The Hall–Kier alpha value is -3.41. The van der Waals surface area contributed by atoms with Gasteiger partial charge in [-0.2, -0.15) is 5.10 Å². The van der Waals surface area contributed by atoms with E-state index < -0.39 is 0 Å². The second-order valence-electron chi connectivity index (χ2n) is 5.43. The van der Waals surface area contributed by atoms with Gasteiger partial charge in [-0.3, -0.25) is 9.59 Å². The van der Waals surface area contributed by atoms with Gasteiger partial charge in [0, 0.05) is 11.6 Å². The monoisotopic (exact) mass is 335 g/mol. The lowest BCUT2D eigenvalue weighted by molar-refractivity contribution is -0.115. The third kappa shape index (κ3) is 4.11. The summed E-state index contributed by atoms with van der Waals surface area (Å²) in [5.74, 6) is 0.563. The number of hydrogen-bond donors (Lipinski definition) is 2. The molecule has 126 valence electrons. The number of nitrogens with zero attached hydrogens (tertiary/aromatic N) is 1. The van der Waals surface area contributed by atoms with Crippen LogP contribution in [0.3, 0.4) is 0 Å². The molecule has 1 aromatic heterocycles. The molecule has 0 aliphatic heterocycles. The van der Waals surface area contributed by atoms with E-state index in [1.807, 2.05) is 42.5 Å². The predicted octanol–water partition coefficient (Wildman–Crippen LogP) is 2.63. The SMILES string of the molecule is COc1cccc(CC(=O)Nc2ccccc2-c2ccc(=O)[nH]n2)c1. The largest absolute Gasteiger partial charge is 0.497 e. The average molecular weight is 335 g/mol. The van der Waals surface area contributed by atoms with E-state index in [0.29, 0.717) is 17.1 Å². The van der Waals surface area contributed by atoms with Crippen molar-refractivity contribution in [2.24, 2.45) is 0 Å². The number of para-hydroxylation sites is 1. The van der Waals surface area contributed by atoms with Gasteiger partial charge in [0.25, 0.3) is 5.56 Å². The summed E-state index contributed by atoms with van der Waals surface area (Å²) >= 11 is 0. The molecule has 0 aliphatic rings. The number of aromatic amines is 1. The van der Waals surface area contributed by atoms with E-state index in [1.165, 1.54) is 6.07 Å². The van der Waals surface area contributed by atoms with Crippen molar-refractivity contribution >= 4 is 11.6 Å². The van der Waals surface area contributed by atoms with Gasteiger partial charge in [0.15, 0.2) is 0 Å². The summed E-state index contributed by atoms with van der Waals surface area (Å²) in [4.78, 5) is 23.6. The molecule has 0 spiro atoms. The molecule has 3 rings (SSSR count). The number of aromatic nitrogens is 2. The van der Waals surface area contributed by atoms with Crippen LogP contribution in [0.25, 0.3) is 11.3 Å². The van der Waals surface area contributed by atoms with E-state index in [1.54, 1.807) is 19.2 Å². The zero-order chi connectivity index (χ0) is 17.6. The van der Waals surface area contributed by atoms with Gasteiger partial charge in [-0.1, -0.05) is 30.3 Å². The summed E-state index contributed by atoms with van der Waals surface area (Å²) in [5, 5.41) is 9.31. The van der Waals surface area contributed by atoms with Crippen molar-refractivity contribution in [2.45, 2.75) is 6.42 Å². The van der Waals surface area contributed by atoms with Gasteiger partial charge < -0.3 is 10.1 Å². The van der Waals surface area contributed by atoms with Crippen molar-refractivity contribution in [1.82, 2.24) is 10.2 Å². The zero-order valence-electron chi connectivity index (χ0n) is 13.7. The minimum Gasteiger partial charge on any atom is -0.497 e. The quantitative estimate of drug-likeness (QED) is 0.751. The number of H-pyrrole nitrogens is 1. The first-order valence-electron chi connectivity index (χ1n) is 7.73. The van der Waals surface area contributed by atoms with E-state index >= 15 is 0 Å². The highest BCUT2D eigenvalue weighted by molar-refractivity contribution is 5.96. The third-order valence-corrected chi connectivity index (χ3v) is 3.66. The molecule has 1 heterocycles. The Labute approximate surface area is 144 Å². The van der Waals surface area contributed by atoms with Crippen LogP contribution in [0.4, 0.5) is 5.69 Å². The van der Waals surface area contributed by atoms with Crippen molar-refractivity contribution in [3.63, 3.8) is 0 Å². The van der Waals surface area contributed by atoms with Crippen molar-refractivity contribution in [2.75, 3.05) is 12.4 Å². The summed E-state index contributed by atoms with van der Waals surface area (Å²) in [7, 11) is 1.59. The Kier molecular flexibility index (Phi) is 4.89. The van der Waals surface area contributed by atoms with Crippen molar-refractivity contribution < 1.29 is 9.53 Å². The van der Waals surface area contributed by atoms with E-state index in [9.17, 15) is 9.59 Å². The fourth-order valence-corrected chi connectivity index (χ4v) is 2.47. The van der Waals surface area contributed by atoms with Crippen LogP contribution < -0.4 is 15.6 Å². The Morgan fingerprint density at radius 2 is 1.96 bits per heavy atom. The fourth-order valence-electron chi connectivity index (χ4n) is 2.47. The molecule has 0 atom stereocenters. The molecule has 0 unspecified atom stereocenters. The number of carbonyl (C=O) groups is 1. The van der Waals surface area contributed by atoms with Crippen molar-refractivity contribution in [1.29, 1.82) is 0 Å². The van der Waals surface area contributed by atoms with Gasteiger partial charge in [0.2, 0.25) is 5.91 Å². The number of anilines is 1. The number of carbonyl (C=O) groups excluding carboxylic acids is 1. The molecule has 0 bridgehead atoms. The molecule has 2 aromatic carbocycles. The molecule has 6 nitrogen and oxygen atoms in total. The molecule has 25 heavy (non-hydrogen) atoms. The number of methoxy groups -OCH3 is 1. The van der Waals surface area contributed by atoms with Crippen molar-refractivity contribution in [3.8, 4) is 17.0 Å². The van der Waals surface area contributed by atoms with Crippen LogP contribution in [-0.4, -0.2) is 23.2 Å². The highest BCUT2D eigenvalue weighted by atomic mass is 16.5. The molecule has 0 fully saturated rings. The number of hydrogen-bond acceptors (Lipinski definition) is 4. The lowest BCUT2D eigenvalue weighted by Crippen LogP contribution is -2.15. The first-order chi connectivity index (χ1) is 12.2. The number of benzene rings is 2. The van der Waals surface area contributed by atoms with E-state index in [-0.39, 0.29) is 17.9 Å². The second kappa shape index (κ2) is 7.44. The van der Waals surface area contributed by atoms with E-state index in [2.05, 4.69) is 15.5 Å². The standard InChI is InChI=1S/C19H17N3O3/c1-25-14-6-4-5-13(11-14)12-19(24)20-16-8-3-2-7-15(16)17-9-10-18(23)22-21-17/h2-11H,12H2,1H3,(H,20,24)(H,22,23). The minimum absolute atomic E-state index is 0.148. The number of rotatable bonds is 5. The fraction of sp³-hybridized carbons (Fsp3) is 0.105. The molecular formula is C19H17N3O3. The Bertz CT molecular complexity index is 930. The highest BCUT2D eigenvalue weighted by Crippen LogP contribution is 2.25. The summed E-state index contributed by atoms with van der Waals surface area (Å²) in [6.07, 6.45) is 0.227. The van der Waals surface area contributed by atoms with Crippen LogP contribution in [0.1, 0.15) is 5.56 Å². The molecule has 0 aliphatic carbocycles. The topological polar surface area (TPSA) is 84.1 Å². The molecule has 6 heteroatoms. The van der Waals surface area contributed by atoms with Gasteiger partial charge in [-0.05, 0) is 29.8 Å². The number of nitrogens with one attached hydrogen (secondary N) is 2. The van der Waals surface area contributed by atoms with Crippen LogP contribution in [0.2, 0.25) is 0 Å². The normalized spacial score (nSPS) is 10.3.